The zero-order valence-corrected chi connectivity index (χ0v) is 34.4. The quantitative estimate of drug-likeness (QED) is 0.104. The molecule has 0 unspecified atom stereocenters. The van der Waals surface area contributed by atoms with Gasteiger partial charge >= 0.3 is 12.2 Å². The molecule has 2 fully saturated rings. The summed E-state index contributed by atoms with van der Waals surface area (Å²) in [6, 6.07) is 38.4. The van der Waals surface area contributed by atoms with Crippen LogP contribution in [0, 0.1) is 0 Å². The Balaban J connectivity index is 1.30. The second-order valence-corrected chi connectivity index (χ2v) is 16.3. The Morgan fingerprint density at radius 3 is 1.64 bits per heavy atom. The molecule has 0 spiro atoms. The normalized spacial score (nSPS) is 21.7. The van der Waals surface area contributed by atoms with E-state index in [0.717, 1.165) is 22.3 Å². The van der Waals surface area contributed by atoms with Gasteiger partial charge < -0.3 is 28.4 Å². The first-order chi connectivity index (χ1) is 28.0. The van der Waals surface area contributed by atoms with Crippen molar-refractivity contribution < 1.29 is 38.0 Å². The molecule has 308 valence electrons. The summed E-state index contributed by atoms with van der Waals surface area (Å²) in [6.07, 6.45) is 3.07. The molecular weight excluding hydrogens is 733 g/mol. The molecule has 10 heteroatoms. The third-order valence-corrected chi connectivity index (χ3v) is 10.3. The van der Waals surface area contributed by atoms with Gasteiger partial charge in [0.25, 0.3) is 0 Å². The van der Waals surface area contributed by atoms with Crippen LogP contribution in [0.2, 0.25) is 0 Å². The SMILES string of the molecule is CC(C)(C)OC(=O)N1[C@@H](C/C=C/C[C@@H]2[C@@H](OCc3ccccc3)[C@H](OCc3ccccc3)[C@@H](COCc3ccccc3)N2C(=O)OCc2ccccc2)COC1(C)C. The molecule has 2 heterocycles. The van der Waals surface area contributed by atoms with E-state index in [-0.39, 0.29) is 19.3 Å². The summed E-state index contributed by atoms with van der Waals surface area (Å²) in [6.45, 7) is 11.0. The van der Waals surface area contributed by atoms with E-state index >= 15 is 0 Å². The van der Waals surface area contributed by atoms with Crippen molar-refractivity contribution in [3.8, 4) is 0 Å². The van der Waals surface area contributed by atoms with Crippen molar-refractivity contribution in [1.82, 2.24) is 9.80 Å². The van der Waals surface area contributed by atoms with Crippen molar-refractivity contribution in [3.63, 3.8) is 0 Å². The van der Waals surface area contributed by atoms with Crippen LogP contribution in [0.1, 0.15) is 69.7 Å². The third-order valence-electron chi connectivity index (χ3n) is 10.3. The number of benzene rings is 4. The molecule has 2 saturated heterocycles. The van der Waals surface area contributed by atoms with E-state index in [1.165, 1.54) is 0 Å². The Morgan fingerprint density at radius 2 is 1.12 bits per heavy atom. The number of hydrogen-bond acceptors (Lipinski definition) is 8. The first kappa shape index (κ1) is 42.6. The molecule has 2 amide bonds. The second-order valence-electron chi connectivity index (χ2n) is 16.3. The summed E-state index contributed by atoms with van der Waals surface area (Å²) in [5.74, 6) is 0. The zero-order chi connectivity index (χ0) is 41.0. The van der Waals surface area contributed by atoms with E-state index in [4.69, 9.17) is 28.4 Å². The molecule has 0 aromatic heterocycles. The molecule has 5 atom stereocenters. The lowest BCUT2D eigenvalue weighted by molar-refractivity contribution is -0.0861. The molecule has 58 heavy (non-hydrogen) atoms. The van der Waals surface area contributed by atoms with Crippen LogP contribution in [0.3, 0.4) is 0 Å². The lowest BCUT2D eigenvalue weighted by atomic mass is 10.0. The Kier molecular flexibility index (Phi) is 14.8. The summed E-state index contributed by atoms with van der Waals surface area (Å²) >= 11 is 0. The van der Waals surface area contributed by atoms with E-state index in [2.05, 4.69) is 6.08 Å². The zero-order valence-electron chi connectivity index (χ0n) is 34.4. The molecule has 0 bridgehead atoms. The number of likely N-dealkylation sites (tertiary alicyclic amines) is 1. The predicted octanol–water partition coefficient (Wildman–Crippen LogP) is 9.47. The molecule has 0 N–H and O–H groups in total. The van der Waals surface area contributed by atoms with Crippen molar-refractivity contribution in [1.29, 1.82) is 0 Å². The van der Waals surface area contributed by atoms with Gasteiger partial charge in [-0.1, -0.05) is 133 Å². The van der Waals surface area contributed by atoms with Crippen LogP contribution in [0.25, 0.3) is 0 Å². The summed E-state index contributed by atoms with van der Waals surface area (Å²) in [5, 5.41) is 0. The maximum atomic E-state index is 14.5. The van der Waals surface area contributed by atoms with Gasteiger partial charge in [0.2, 0.25) is 0 Å². The van der Waals surface area contributed by atoms with Crippen molar-refractivity contribution >= 4 is 12.2 Å². The van der Waals surface area contributed by atoms with Crippen molar-refractivity contribution in [2.45, 2.75) is 116 Å². The van der Waals surface area contributed by atoms with Crippen LogP contribution in [0.5, 0.6) is 0 Å². The lowest BCUT2D eigenvalue weighted by Gasteiger charge is -2.35. The van der Waals surface area contributed by atoms with Gasteiger partial charge in [-0.2, -0.15) is 0 Å². The smallest absolute Gasteiger partial charge is 0.412 e. The van der Waals surface area contributed by atoms with Gasteiger partial charge in [0.05, 0.1) is 51.2 Å². The average molecular weight is 791 g/mol. The van der Waals surface area contributed by atoms with Crippen molar-refractivity contribution in [2.24, 2.45) is 0 Å². The molecular formula is C48H58N2O8. The van der Waals surface area contributed by atoms with E-state index < -0.39 is 47.8 Å². The van der Waals surface area contributed by atoms with Crippen molar-refractivity contribution in [3.05, 3.63) is 156 Å². The van der Waals surface area contributed by atoms with Gasteiger partial charge in [-0.15, -0.1) is 0 Å². The fraction of sp³-hybridized carbons (Fsp3) is 0.417. The number of hydrogen-bond donors (Lipinski definition) is 0. The summed E-state index contributed by atoms with van der Waals surface area (Å²) in [4.78, 5) is 31.3. The highest BCUT2D eigenvalue weighted by Crippen LogP contribution is 2.36. The first-order valence-corrected chi connectivity index (χ1v) is 20.2. The van der Waals surface area contributed by atoms with Gasteiger partial charge in [-0.05, 0) is 69.7 Å². The van der Waals surface area contributed by atoms with Gasteiger partial charge in [0.1, 0.15) is 30.1 Å². The molecule has 0 aliphatic carbocycles. The number of nitrogens with zero attached hydrogens (tertiary/aromatic N) is 2. The Labute approximate surface area is 343 Å². The van der Waals surface area contributed by atoms with E-state index in [0.29, 0.717) is 39.3 Å². The van der Waals surface area contributed by atoms with E-state index in [1.54, 1.807) is 9.80 Å². The maximum absolute atomic E-state index is 14.5. The highest BCUT2D eigenvalue weighted by atomic mass is 16.6. The van der Waals surface area contributed by atoms with Crippen LogP contribution < -0.4 is 0 Å². The van der Waals surface area contributed by atoms with Crippen LogP contribution in [0.15, 0.2) is 133 Å². The number of ether oxygens (including phenoxy) is 6. The third kappa shape index (κ3) is 11.8. The average Bonchev–Trinajstić information content (AvgIpc) is 3.69. The number of carbonyl (C=O) groups is 2. The molecule has 2 aliphatic rings. The minimum absolute atomic E-state index is 0.110. The van der Waals surface area contributed by atoms with Crippen LogP contribution in [0.4, 0.5) is 9.59 Å². The fourth-order valence-corrected chi connectivity index (χ4v) is 7.53. The van der Waals surface area contributed by atoms with E-state index in [9.17, 15) is 9.59 Å². The largest absolute Gasteiger partial charge is 0.445 e. The van der Waals surface area contributed by atoms with Gasteiger partial charge in [-0.25, -0.2) is 9.59 Å². The lowest BCUT2D eigenvalue weighted by Crippen LogP contribution is -2.49. The molecule has 10 nitrogen and oxygen atoms in total. The molecule has 4 aromatic rings. The van der Waals surface area contributed by atoms with Crippen LogP contribution in [-0.2, 0) is 54.8 Å². The first-order valence-electron chi connectivity index (χ1n) is 20.2. The summed E-state index contributed by atoms with van der Waals surface area (Å²) in [7, 11) is 0. The maximum Gasteiger partial charge on any atom is 0.412 e. The van der Waals surface area contributed by atoms with Crippen LogP contribution >= 0.6 is 0 Å². The van der Waals surface area contributed by atoms with Gasteiger partial charge in [0, 0.05) is 0 Å². The summed E-state index contributed by atoms with van der Waals surface area (Å²) < 4.78 is 38.0. The number of carbonyl (C=O) groups excluding carboxylic acids is 2. The molecule has 4 aromatic carbocycles. The molecule has 0 saturated carbocycles. The minimum Gasteiger partial charge on any atom is -0.445 e. The van der Waals surface area contributed by atoms with Crippen LogP contribution in [-0.4, -0.2) is 76.9 Å². The number of rotatable bonds is 16. The number of amides is 2. The molecule has 2 aliphatic heterocycles. The predicted molar refractivity (Wildman–Crippen MR) is 222 cm³/mol. The summed E-state index contributed by atoms with van der Waals surface area (Å²) in [5.41, 5.74) is 2.45. The molecule has 0 radical (unpaired) electrons. The van der Waals surface area contributed by atoms with Gasteiger partial charge in [-0.3, -0.25) is 9.80 Å². The Bertz CT molecular complexity index is 1880. The van der Waals surface area contributed by atoms with Crippen molar-refractivity contribution in [2.75, 3.05) is 13.2 Å². The topological polar surface area (TPSA) is 96.0 Å². The Hall–Kier alpha value is -5.00. The highest BCUT2D eigenvalue weighted by molar-refractivity contribution is 5.70. The van der Waals surface area contributed by atoms with Gasteiger partial charge in [0.15, 0.2) is 0 Å². The minimum atomic E-state index is -0.821. The Morgan fingerprint density at radius 1 is 0.655 bits per heavy atom. The standard InChI is InChI=1S/C48H58N2O8/c1-47(2,3)58-46(52)50-40(34-57-48(50,4)5)28-18-19-29-41-43(54-31-37-22-12-7-13-23-37)44(55-32-38-24-14-8-15-25-38)42(35-53-30-36-20-10-6-11-21-36)49(41)45(51)56-33-39-26-16-9-17-27-39/h6-27,40-44H,28-35H2,1-5H3/b19-18+/t40-,41+,42+,43+,44+/m0/s1. The monoisotopic (exact) mass is 790 g/mol. The molecule has 6 rings (SSSR count). The second kappa shape index (κ2) is 20.1. The van der Waals surface area contributed by atoms with E-state index in [1.807, 2.05) is 162 Å². The highest BCUT2D eigenvalue weighted by Gasteiger charge is 2.53. The fourth-order valence-electron chi connectivity index (χ4n) is 7.53.